The Hall–Kier alpha value is -1.59. The number of carbonyl (C=O) groups is 3. The summed E-state index contributed by atoms with van der Waals surface area (Å²) in [7, 11) is 1.37. The zero-order valence-corrected chi connectivity index (χ0v) is 12.6. The van der Waals surface area contributed by atoms with Crippen LogP contribution in [0.3, 0.4) is 0 Å². The molecule has 0 aromatic rings. The number of ether oxygens (including phenoxy) is 1. The molecule has 2 fully saturated rings. The van der Waals surface area contributed by atoms with Crippen LogP contribution in [0.5, 0.6) is 0 Å². The van der Waals surface area contributed by atoms with E-state index in [0.717, 1.165) is 0 Å². The van der Waals surface area contributed by atoms with Crippen LogP contribution in [0.15, 0.2) is 0 Å². The number of nitrogens with zero attached hydrogens (tertiary/aromatic N) is 1. The summed E-state index contributed by atoms with van der Waals surface area (Å²) < 4.78 is 4.73. The van der Waals surface area contributed by atoms with Gasteiger partial charge in [-0.2, -0.15) is 0 Å². The molecule has 0 spiro atoms. The minimum absolute atomic E-state index is 0.0601. The highest BCUT2D eigenvalue weighted by Gasteiger charge is 2.43. The van der Waals surface area contributed by atoms with Gasteiger partial charge >= 0.3 is 11.9 Å². The molecule has 1 saturated carbocycles. The average molecular weight is 297 g/mol. The number of piperidine rings is 1. The molecule has 2 aliphatic rings. The highest BCUT2D eigenvalue weighted by Crippen LogP contribution is 2.38. The molecule has 0 radical (unpaired) electrons. The Kier molecular flexibility index (Phi) is 4.85. The van der Waals surface area contributed by atoms with Crippen molar-refractivity contribution >= 4 is 17.8 Å². The first-order valence-electron chi connectivity index (χ1n) is 7.53. The van der Waals surface area contributed by atoms with E-state index in [1.807, 2.05) is 6.92 Å². The number of likely N-dealkylation sites (tertiary alicyclic amines) is 1. The van der Waals surface area contributed by atoms with Gasteiger partial charge in [0.2, 0.25) is 5.91 Å². The Labute approximate surface area is 124 Å². The summed E-state index contributed by atoms with van der Waals surface area (Å²) in [6, 6.07) is 0. The van der Waals surface area contributed by atoms with Crippen LogP contribution in [0.2, 0.25) is 0 Å². The van der Waals surface area contributed by atoms with E-state index in [9.17, 15) is 19.5 Å². The molecular formula is C15H23NO5. The van der Waals surface area contributed by atoms with E-state index >= 15 is 0 Å². The molecule has 1 amide bonds. The maximum absolute atomic E-state index is 12.6. The zero-order valence-electron chi connectivity index (χ0n) is 12.6. The van der Waals surface area contributed by atoms with Crippen molar-refractivity contribution < 1.29 is 24.2 Å². The highest BCUT2D eigenvalue weighted by atomic mass is 16.5. The fraction of sp³-hybridized carbons (Fsp3) is 0.800. The second kappa shape index (κ2) is 6.45. The summed E-state index contributed by atoms with van der Waals surface area (Å²) >= 11 is 0. The lowest BCUT2D eigenvalue weighted by Gasteiger charge is -2.33. The molecule has 2 rings (SSSR count). The summed E-state index contributed by atoms with van der Waals surface area (Å²) in [5.41, 5.74) is 0. The molecule has 0 aromatic heterocycles. The number of carboxylic acid groups (broad SMARTS) is 1. The van der Waals surface area contributed by atoms with Crippen molar-refractivity contribution in [2.75, 3.05) is 20.2 Å². The standard InChI is InChI=1S/C15H23NO5/c1-9-7-11(12(8-9)14(18)19)13(17)16-5-3-10(4-6-16)15(20)21-2/h9-12H,3-8H2,1-2H3,(H,18,19). The number of hydrogen-bond donors (Lipinski definition) is 1. The number of hydrogen-bond acceptors (Lipinski definition) is 4. The first-order valence-corrected chi connectivity index (χ1v) is 7.53. The number of esters is 1. The zero-order chi connectivity index (χ0) is 15.6. The molecule has 6 nitrogen and oxygen atoms in total. The van der Waals surface area contributed by atoms with Gasteiger partial charge in [0.25, 0.3) is 0 Å². The molecule has 0 bridgehead atoms. The molecular weight excluding hydrogens is 274 g/mol. The van der Waals surface area contributed by atoms with Gasteiger partial charge in [-0.25, -0.2) is 0 Å². The molecule has 0 aromatic carbocycles. The Morgan fingerprint density at radius 2 is 1.67 bits per heavy atom. The van der Waals surface area contributed by atoms with Gasteiger partial charge in [-0.3, -0.25) is 14.4 Å². The van der Waals surface area contributed by atoms with E-state index in [4.69, 9.17) is 4.74 Å². The summed E-state index contributed by atoms with van der Waals surface area (Å²) in [4.78, 5) is 37.0. The van der Waals surface area contributed by atoms with Crippen LogP contribution >= 0.6 is 0 Å². The molecule has 1 aliphatic heterocycles. The maximum Gasteiger partial charge on any atom is 0.308 e. The van der Waals surface area contributed by atoms with Gasteiger partial charge in [-0.15, -0.1) is 0 Å². The third-order valence-electron chi connectivity index (χ3n) is 4.77. The summed E-state index contributed by atoms with van der Waals surface area (Å²) in [5.74, 6) is -2.00. The summed E-state index contributed by atoms with van der Waals surface area (Å²) in [5, 5.41) is 9.26. The smallest absolute Gasteiger partial charge is 0.308 e. The van der Waals surface area contributed by atoms with Gasteiger partial charge in [-0.05, 0) is 31.6 Å². The number of carboxylic acids is 1. The Morgan fingerprint density at radius 3 is 2.19 bits per heavy atom. The van der Waals surface area contributed by atoms with Gasteiger partial charge in [0.15, 0.2) is 0 Å². The lowest BCUT2D eigenvalue weighted by atomic mass is 9.92. The van der Waals surface area contributed by atoms with Crippen LogP contribution in [-0.2, 0) is 19.1 Å². The van der Waals surface area contributed by atoms with Crippen LogP contribution in [0.25, 0.3) is 0 Å². The van der Waals surface area contributed by atoms with Crippen molar-refractivity contribution in [1.29, 1.82) is 0 Å². The van der Waals surface area contributed by atoms with E-state index in [0.29, 0.717) is 38.8 Å². The monoisotopic (exact) mass is 297 g/mol. The number of amides is 1. The van der Waals surface area contributed by atoms with Crippen LogP contribution < -0.4 is 0 Å². The van der Waals surface area contributed by atoms with Gasteiger partial charge < -0.3 is 14.7 Å². The Balaban J connectivity index is 1.95. The van der Waals surface area contributed by atoms with Crippen LogP contribution in [0.4, 0.5) is 0 Å². The van der Waals surface area contributed by atoms with Crippen molar-refractivity contribution in [2.24, 2.45) is 23.7 Å². The third kappa shape index (κ3) is 3.36. The van der Waals surface area contributed by atoms with Gasteiger partial charge in [-0.1, -0.05) is 6.92 Å². The molecule has 118 valence electrons. The first kappa shape index (κ1) is 15.8. The first-order chi connectivity index (χ1) is 9.93. The molecule has 6 heteroatoms. The highest BCUT2D eigenvalue weighted by molar-refractivity contribution is 5.85. The van der Waals surface area contributed by atoms with Gasteiger partial charge in [0.1, 0.15) is 0 Å². The quantitative estimate of drug-likeness (QED) is 0.790. The second-order valence-electron chi connectivity index (χ2n) is 6.25. The van der Waals surface area contributed by atoms with E-state index in [2.05, 4.69) is 0 Å². The number of carbonyl (C=O) groups excluding carboxylic acids is 2. The van der Waals surface area contributed by atoms with Gasteiger partial charge in [0.05, 0.1) is 24.9 Å². The van der Waals surface area contributed by atoms with E-state index in [1.165, 1.54) is 7.11 Å². The Morgan fingerprint density at radius 1 is 1.10 bits per heavy atom. The van der Waals surface area contributed by atoms with E-state index in [1.54, 1.807) is 4.90 Å². The lowest BCUT2D eigenvalue weighted by molar-refractivity contribution is -0.152. The fourth-order valence-corrected chi connectivity index (χ4v) is 3.57. The summed E-state index contributed by atoms with van der Waals surface area (Å²) in [6.07, 6.45) is 2.41. The van der Waals surface area contributed by atoms with Crippen molar-refractivity contribution in [1.82, 2.24) is 4.90 Å². The van der Waals surface area contributed by atoms with Crippen molar-refractivity contribution in [3.05, 3.63) is 0 Å². The minimum atomic E-state index is -0.873. The fourth-order valence-electron chi connectivity index (χ4n) is 3.57. The van der Waals surface area contributed by atoms with Crippen molar-refractivity contribution in [2.45, 2.75) is 32.6 Å². The number of methoxy groups -OCH3 is 1. The normalized spacial score (nSPS) is 30.2. The number of rotatable bonds is 3. The Bertz CT molecular complexity index is 428. The molecule has 3 atom stereocenters. The SMILES string of the molecule is COC(=O)C1CCN(C(=O)C2CC(C)CC2C(=O)O)CC1. The predicted octanol–water partition coefficient (Wildman–Crippen LogP) is 1.14. The second-order valence-corrected chi connectivity index (χ2v) is 6.25. The maximum atomic E-state index is 12.6. The van der Waals surface area contributed by atoms with E-state index < -0.39 is 17.8 Å². The third-order valence-corrected chi connectivity index (χ3v) is 4.77. The number of aliphatic carboxylic acids is 1. The van der Waals surface area contributed by atoms with Crippen LogP contribution in [-0.4, -0.2) is 48.1 Å². The summed E-state index contributed by atoms with van der Waals surface area (Å²) in [6.45, 7) is 3.01. The van der Waals surface area contributed by atoms with Crippen molar-refractivity contribution in [3.8, 4) is 0 Å². The molecule has 1 N–H and O–H groups in total. The molecule has 1 heterocycles. The topological polar surface area (TPSA) is 83.9 Å². The van der Waals surface area contributed by atoms with Gasteiger partial charge in [0, 0.05) is 13.1 Å². The molecule has 1 aliphatic carbocycles. The van der Waals surface area contributed by atoms with Crippen LogP contribution in [0, 0.1) is 23.7 Å². The molecule has 21 heavy (non-hydrogen) atoms. The predicted molar refractivity (Wildman–Crippen MR) is 74.3 cm³/mol. The minimum Gasteiger partial charge on any atom is -0.481 e. The average Bonchev–Trinajstić information content (AvgIpc) is 2.88. The molecule has 1 saturated heterocycles. The van der Waals surface area contributed by atoms with E-state index in [-0.39, 0.29) is 23.7 Å². The largest absolute Gasteiger partial charge is 0.481 e. The van der Waals surface area contributed by atoms with Crippen LogP contribution in [0.1, 0.15) is 32.6 Å². The van der Waals surface area contributed by atoms with Crippen molar-refractivity contribution in [3.63, 3.8) is 0 Å². The molecule has 3 unspecified atom stereocenters. The lowest BCUT2D eigenvalue weighted by Crippen LogP contribution is -2.44.